The molecule has 0 spiro atoms. The Hall–Kier alpha value is -2.96. The number of methoxy groups -OCH3 is 1. The molecule has 0 saturated carbocycles. The number of halogens is 2. The summed E-state index contributed by atoms with van der Waals surface area (Å²) in [4.78, 5) is 25.7. The summed E-state index contributed by atoms with van der Waals surface area (Å²) in [5, 5.41) is 17.5. The van der Waals surface area contributed by atoms with Gasteiger partial charge in [-0.2, -0.15) is 5.26 Å². The number of nitriles is 1. The van der Waals surface area contributed by atoms with Crippen LogP contribution in [0.25, 0.3) is 0 Å². The van der Waals surface area contributed by atoms with E-state index in [1.807, 2.05) is 6.92 Å². The highest BCUT2D eigenvalue weighted by Gasteiger charge is 2.36. The first kappa shape index (κ1) is 27.6. The van der Waals surface area contributed by atoms with Gasteiger partial charge >= 0.3 is 5.97 Å². The molecule has 2 aromatic rings. The number of rotatable bonds is 9. The molecule has 1 amide bonds. The van der Waals surface area contributed by atoms with Gasteiger partial charge in [-0.1, -0.05) is 59.2 Å². The van der Waals surface area contributed by atoms with Crippen molar-refractivity contribution in [3.63, 3.8) is 0 Å². The highest BCUT2D eigenvalue weighted by atomic mass is 35.5. The van der Waals surface area contributed by atoms with Gasteiger partial charge in [0, 0.05) is 28.5 Å². The number of ether oxygens (including phenoxy) is 2. The first-order valence-corrected chi connectivity index (χ1v) is 12.7. The maximum Gasteiger partial charge on any atom is 0.336 e. The van der Waals surface area contributed by atoms with Crippen LogP contribution in [0.3, 0.4) is 0 Å². The predicted molar refractivity (Wildman–Crippen MR) is 143 cm³/mol. The van der Waals surface area contributed by atoms with E-state index >= 15 is 0 Å². The van der Waals surface area contributed by atoms with Crippen LogP contribution in [-0.4, -0.2) is 38.0 Å². The summed E-state index contributed by atoms with van der Waals surface area (Å²) in [7, 11) is 1.51. The van der Waals surface area contributed by atoms with E-state index in [-0.39, 0.29) is 36.0 Å². The van der Waals surface area contributed by atoms with E-state index in [2.05, 4.69) is 16.7 Å². The number of allylic oxidation sites excluding steroid dienone is 2. The number of esters is 1. The number of nitrogens with one attached hydrogen (secondary N) is 2. The molecule has 0 aliphatic carbocycles. The van der Waals surface area contributed by atoms with Crippen molar-refractivity contribution in [1.29, 1.82) is 5.26 Å². The number of hydrogen-bond acceptors (Lipinski definition) is 7. The average Bonchev–Trinajstić information content (AvgIpc) is 2.85. The Balaban J connectivity index is 1.90. The summed E-state index contributed by atoms with van der Waals surface area (Å²) in [6.45, 7) is 3.85. The quantitative estimate of drug-likeness (QED) is 0.314. The highest BCUT2D eigenvalue weighted by molar-refractivity contribution is 8.03. The topological polar surface area (TPSA) is 100 Å². The summed E-state index contributed by atoms with van der Waals surface area (Å²) in [5.74, 6) is -1.58. The summed E-state index contributed by atoms with van der Waals surface area (Å²) >= 11 is 13.8. The lowest BCUT2D eigenvalue weighted by Crippen LogP contribution is -2.30. The Morgan fingerprint density at radius 1 is 1.11 bits per heavy atom. The second kappa shape index (κ2) is 12.8. The number of nitrogens with zero attached hydrogens (tertiary/aromatic N) is 1. The Morgan fingerprint density at radius 2 is 1.83 bits per heavy atom. The lowest BCUT2D eigenvalue weighted by molar-refractivity contribution is -0.140. The molecule has 7 nitrogen and oxygen atoms in total. The van der Waals surface area contributed by atoms with E-state index in [4.69, 9.17) is 32.7 Å². The lowest BCUT2D eigenvalue weighted by Gasteiger charge is -2.29. The van der Waals surface area contributed by atoms with Crippen LogP contribution in [0, 0.1) is 18.3 Å². The minimum absolute atomic E-state index is 0.0234. The zero-order valence-corrected chi connectivity index (χ0v) is 22.3. The molecule has 0 saturated heterocycles. The SMILES string of the molecule is COCCOC(=O)C1=C(C)NC(SCC(=O)Nc2cccc(Cl)c2C)=C(C#N)C1c1ccccc1Cl. The minimum Gasteiger partial charge on any atom is -0.460 e. The molecule has 1 aliphatic rings. The van der Waals surface area contributed by atoms with Gasteiger partial charge in [0.2, 0.25) is 5.91 Å². The summed E-state index contributed by atoms with van der Waals surface area (Å²) in [5.41, 5.74) is 3.02. The van der Waals surface area contributed by atoms with Crippen molar-refractivity contribution in [2.75, 3.05) is 31.4 Å². The van der Waals surface area contributed by atoms with Gasteiger partial charge in [-0.05, 0) is 43.2 Å². The Labute approximate surface area is 224 Å². The lowest BCUT2D eigenvalue weighted by atomic mass is 9.82. The van der Waals surface area contributed by atoms with Crippen LogP contribution in [0.2, 0.25) is 10.0 Å². The van der Waals surface area contributed by atoms with Gasteiger partial charge in [0.1, 0.15) is 6.61 Å². The van der Waals surface area contributed by atoms with Crippen LogP contribution in [0.1, 0.15) is 24.0 Å². The number of thioether (sulfide) groups is 1. The second-order valence-electron chi connectivity index (χ2n) is 7.85. The summed E-state index contributed by atoms with van der Waals surface area (Å²) in [6.07, 6.45) is 0. The van der Waals surface area contributed by atoms with Crippen molar-refractivity contribution in [1.82, 2.24) is 5.32 Å². The number of hydrogen-bond donors (Lipinski definition) is 2. The Bertz CT molecular complexity index is 1270. The maximum absolute atomic E-state index is 13.0. The van der Waals surface area contributed by atoms with Crippen molar-refractivity contribution in [2.45, 2.75) is 19.8 Å². The van der Waals surface area contributed by atoms with Gasteiger partial charge in [-0.3, -0.25) is 4.79 Å². The number of anilines is 1. The first-order valence-electron chi connectivity index (χ1n) is 11.0. The van der Waals surface area contributed by atoms with Crippen molar-refractivity contribution in [2.24, 2.45) is 0 Å². The van der Waals surface area contributed by atoms with Crippen LogP contribution < -0.4 is 10.6 Å². The molecule has 36 heavy (non-hydrogen) atoms. The monoisotopic (exact) mass is 545 g/mol. The molecule has 1 unspecified atom stereocenters. The molecule has 3 rings (SSSR count). The van der Waals surface area contributed by atoms with Crippen molar-refractivity contribution >= 4 is 52.5 Å². The van der Waals surface area contributed by atoms with E-state index < -0.39 is 11.9 Å². The Morgan fingerprint density at radius 3 is 2.53 bits per heavy atom. The fourth-order valence-electron chi connectivity index (χ4n) is 3.68. The molecule has 1 atom stereocenters. The largest absolute Gasteiger partial charge is 0.460 e. The van der Waals surface area contributed by atoms with Gasteiger partial charge in [0.25, 0.3) is 0 Å². The van der Waals surface area contributed by atoms with Gasteiger partial charge in [-0.25, -0.2) is 4.79 Å². The third kappa shape index (κ3) is 6.42. The van der Waals surface area contributed by atoms with E-state index in [0.717, 1.165) is 17.3 Å². The number of amides is 1. The van der Waals surface area contributed by atoms with Crippen molar-refractivity contribution in [3.8, 4) is 6.07 Å². The van der Waals surface area contributed by atoms with Gasteiger partial charge in [0.15, 0.2) is 0 Å². The third-order valence-corrected chi connectivity index (χ3v) is 7.26. The normalized spacial score (nSPS) is 15.3. The highest BCUT2D eigenvalue weighted by Crippen LogP contribution is 2.43. The van der Waals surface area contributed by atoms with Crippen LogP contribution in [0.4, 0.5) is 5.69 Å². The zero-order valence-electron chi connectivity index (χ0n) is 20.0. The molecule has 1 aliphatic heterocycles. The molecule has 0 fully saturated rings. The van der Waals surface area contributed by atoms with Gasteiger partial charge in [0.05, 0.1) is 40.5 Å². The van der Waals surface area contributed by atoms with E-state index in [1.54, 1.807) is 49.4 Å². The van der Waals surface area contributed by atoms with Crippen molar-refractivity contribution < 1.29 is 19.1 Å². The molecule has 10 heteroatoms. The van der Waals surface area contributed by atoms with Crippen LogP contribution >= 0.6 is 35.0 Å². The Kier molecular flexibility index (Phi) is 9.85. The fraction of sp³-hybridized carbons (Fsp3) is 0.269. The zero-order chi connectivity index (χ0) is 26.2. The number of carbonyl (C=O) groups excluding carboxylic acids is 2. The number of dihydropyridines is 1. The smallest absolute Gasteiger partial charge is 0.336 e. The molecule has 2 N–H and O–H groups in total. The molecule has 2 aromatic carbocycles. The molecule has 0 radical (unpaired) electrons. The molecule has 1 heterocycles. The fourth-order valence-corrected chi connectivity index (χ4v) is 4.99. The van der Waals surface area contributed by atoms with Crippen LogP contribution in [0.5, 0.6) is 0 Å². The molecular formula is C26H25Cl2N3O4S. The van der Waals surface area contributed by atoms with E-state index in [1.165, 1.54) is 7.11 Å². The van der Waals surface area contributed by atoms with Gasteiger partial charge in [-0.15, -0.1) is 0 Å². The second-order valence-corrected chi connectivity index (χ2v) is 9.65. The molecule has 0 aromatic heterocycles. The van der Waals surface area contributed by atoms with E-state index in [9.17, 15) is 14.9 Å². The van der Waals surface area contributed by atoms with Gasteiger partial charge < -0.3 is 20.1 Å². The first-order chi connectivity index (χ1) is 17.3. The summed E-state index contributed by atoms with van der Waals surface area (Å²) < 4.78 is 10.3. The van der Waals surface area contributed by atoms with E-state index in [0.29, 0.717) is 32.0 Å². The average molecular weight is 546 g/mol. The minimum atomic E-state index is -0.763. The summed E-state index contributed by atoms with van der Waals surface area (Å²) in [6, 6.07) is 14.5. The molecule has 188 valence electrons. The molecule has 0 bridgehead atoms. The number of benzene rings is 2. The maximum atomic E-state index is 13.0. The number of carbonyl (C=O) groups is 2. The molecular weight excluding hydrogens is 521 g/mol. The van der Waals surface area contributed by atoms with Crippen LogP contribution in [0.15, 0.2) is 64.3 Å². The third-order valence-electron chi connectivity index (χ3n) is 5.49. The van der Waals surface area contributed by atoms with Crippen LogP contribution in [-0.2, 0) is 19.1 Å². The standard InChI is InChI=1S/C26H25Cl2N3O4S/c1-15-19(27)9-6-10-21(15)31-22(32)14-36-25-18(13-29)24(17-7-4-5-8-20(17)28)23(16(2)30-25)26(33)35-12-11-34-3/h4-10,24,30H,11-12,14H2,1-3H3,(H,31,32). The van der Waals surface area contributed by atoms with Crippen molar-refractivity contribution in [3.05, 3.63) is 85.5 Å². The predicted octanol–water partition coefficient (Wildman–Crippen LogP) is 5.56.